The van der Waals surface area contributed by atoms with Gasteiger partial charge >= 0.3 is 0 Å². The Morgan fingerprint density at radius 3 is 2.52 bits per heavy atom. The molecular weight excluding hydrogens is 285 g/mol. The van der Waals surface area contributed by atoms with Gasteiger partial charge in [-0.05, 0) is 61.7 Å². The molecule has 21 heavy (non-hydrogen) atoms. The smallest absolute Gasteiger partial charge is 0.128 e. The van der Waals surface area contributed by atoms with Gasteiger partial charge in [0, 0.05) is 16.6 Å². The Morgan fingerprint density at radius 2 is 1.86 bits per heavy atom. The molecule has 1 N–H and O–H groups in total. The van der Waals surface area contributed by atoms with Crippen LogP contribution in [0.2, 0.25) is 5.02 Å². The summed E-state index contributed by atoms with van der Waals surface area (Å²) in [5, 5.41) is 3.92. The lowest BCUT2D eigenvalue weighted by atomic mass is 9.96. The highest BCUT2D eigenvalue weighted by molar-refractivity contribution is 6.30. The van der Waals surface area contributed by atoms with E-state index in [-0.39, 0.29) is 11.9 Å². The van der Waals surface area contributed by atoms with Crippen molar-refractivity contribution in [2.75, 3.05) is 6.54 Å². The van der Waals surface area contributed by atoms with Crippen LogP contribution in [-0.2, 0) is 6.42 Å². The summed E-state index contributed by atoms with van der Waals surface area (Å²) in [5.74, 6) is -0.214. The number of hydrogen-bond acceptors (Lipinski definition) is 1. The molecule has 0 radical (unpaired) electrons. The standard InChI is InChI=1S/C18H21ClFN/c1-4-21-18(16-11-15(19)7-8-17(16)20)10-14-6-5-12(2)13(3)9-14/h5-9,11,18,21H,4,10H2,1-3H3. The van der Waals surface area contributed by atoms with Crippen LogP contribution in [0.4, 0.5) is 4.39 Å². The number of rotatable bonds is 5. The second-order valence-electron chi connectivity index (χ2n) is 5.40. The van der Waals surface area contributed by atoms with Crippen LogP contribution in [0.5, 0.6) is 0 Å². The van der Waals surface area contributed by atoms with Crippen molar-refractivity contribution in [3.05, 3.63) is 69.5 Å². The fraction of sp³-hybridized carbons (Fsp3) is 0.333. The van der Waals surface area contributed by atoms with Gasteiger partial charge in [-0.2, -0.15) is 0 Å². The van der Waals surface area contributed by atoms with Crippen LogP contribution in [0.15, 0.2) is 36.4 Å². The van der Waals surface area contributed by atoms with Crippen LogP contribution in [0, 0.1) is 19.7 Å². The number of aryl methyl sites for hydroxylation is 2. The predicted molar refractivity (Wildman–Crippen MR) is 87.4 cm³/mol. The van der Waals surface area contributed by atoms with E-state index in [4.69, 9.17) is 11.6 Å². The quantitative estimate of drug-likeness (QED) is 0.820. The van der Waals surface area contributed by atoms with Crippen LogP contribution < -0.4 is 5.32 Å². The molecule has 112 valence electrons. The van der Waals surface area contributed by atoms with Crippen molar-refractivity contribution >= 4 is 11.6 Å². The van der Waals surface area contributed by atoms with E-state index in [2.05, 4.69) is 37.4 Å². The van der Waals surface area contributed by atoms with Crippen molar-refractivity contribution in [3.63, 3.8) is 0 Å². The van der Waals surface area contributed by atoms with Crippen molar-refractivity contribution < 1.29 is 4.39 Å². The summed E-state index contributed by atoms with van der Waals surface area (Å²) in [6, 6.07) is 11.0. The van der Waals surface area contributed by atoms with E-state index >= 15 is 0 Å². The minimum atomic E-state index is -0.214. The van der Waals surface area contributed by atoms with Crippen LogP contribution >= 0.6 is 11.6 Å². The van der Waals surface area contributed by atoms with Crippen LogP contribution in [0.25, 0.3) is 0 Å². The first kappa shape index (κ1) is 16.0. The largest absolute Gasteiger partial charge is 0.310 e. The fourth-order valence-electron chi connectivity index (χ4n) is 2.49. The van der Waals surface area contributed by atoms with Crippen molar-refractivity contribution in [2.24, 2.45) is 0 Å². The fourth-order valence-corrected chi connectivity index (χ4v) is 2.67. The van der Waals surface area contributed by atoms with Crippen molar-refractivity contribution in [2.45, 2.75) is 33.2 Å². The lowest BCUT2D eigenvalue weighted by Crippen LogP contribution is -2.24. The highest BCUT2D eigenvalue weighted by Gasteiger charge is 2.16. The zero-order chi connectivity index (χ0) is 15.4. The van der Waals surface area contributed by atoms with Gasteiger partial charge in [-0.1, -0.05) is 36.7 Å². The highest BCUT2D eigenvalue weighted by Crippen LogP contribution is 2.25. The monoisotopic (exact) mass is 305 g/mol. The van der Waals surface area contributed by atoms with Gasteiger partial charge in [-0.15, -0.1) is 0 Å². The summed E-state index contributed by atoms with van der Waals surface area (Å²) in [6.45, 7) is 7.00. The summed E-state index contributed by atoms with van der Waals surface area (Å²) in [7, 11) is 0. The molecule has 3 heteroatoms. The number of likely N-dealkylation sites (N-methyl/N-ethyl adjacent to an activating group) is 1. The summed E-state index contributed by atoms with van der Waals surface area (Å²) in [5.41, 5.74) is 4.35. The van der Waals surface area contributed by atoms with E-state index in [1.54, 1.807) is 12.1 Å². The highest BCUT2D eigenvalue weighted by atomic mass is 35.5. The zero-order valence-corrected chi connectivity index (χ0v) is 13.5. The Hall–Kier alpha value is -1.38. The normalized spacial score (nSPS) is 12.4. The topological polar surface area (TPSA) is 12.0 Å². The van der Waals surface area contributed by atoms with Crippen LogP contribution in [-0.4, -0.2) is 6.54 Å². The molecular formula is C18H21ClFN. The van der Waals surface area contributed by atoms with Crippen molar-refractivity contribution in [1.82, 2.24) is 5.32 Å². The Morgan fingerprint density at radius 1 is 1.10 bits per heavy atom. The Kier molecular flexibility index (Phi) is 5.38. The summed E-state index contributed by atoms with van der Waals surface area (Å²) < 4.78 is 14.1. The molecule has 0 spiro atoms. The lowest BCUT2D eigenvalue weighted by molar-refractivity contribution is 0.510. The van der Waals surface area contributed by atoms with E-state index < -0.39 is 0 Å². The maximum atomic E-state index is 14.1. The number of benzene rings is 2. The van der Waals surface area contributed by atoms with Gasteiger partial charge in [0.15, 0.2) is 0 Å². The third-order valence-corrected chi connectivity index (χ3v) is 4.03. The summed E-state index contributed by atoms with van der Waals surface area (Å²) in [6.07, 6.45) is 0.742. The zero-order valence-electron chi connectivity index (χ0n) is 12.7. The van der Waals surface area contributed by atoms with E-state index in [9.17, 15) is 4.39 Å². The molecule has 1 atom stereocenters. The number of halogens is 2. The van der Waals surface area contributed by atoms with Crippen molar-refractivity contribution in [1.29, 1.82) is 0 Å². The molecule has 0 saturated heterocycles. The Balaban J connectivity index is 2.30. The minimum Gasteiger partial charge on any atom is -0.310 e. The molecule has 0 aliphatic heterocycles. The first-order chi connectivity index (χ1) is 10.0. The summed E-state index contributed by atoms with van der Waals surface area (Å²) >= 11 is 6.02. The van der Waals surface area contributed by atoms with Crippen molar-refractivity contribution in [3.8, 4) is 0 Å². The molecule has 0 aromatic heterocycles. The number of nitrogens with one attached hydrogen (secondary N) is 1. The molecule has 1 unspecified atom stereocenters. The van der Waals surface area contributed by atoms with Gasteiger partial charge in [0.1, 0.15) is 5.82 Å². The first-order valence-corrected chi connectivity index (χ1v) is 7.63. The third-order valence-electron chi connectivity index (χ3n) is 3.80. The SMILES string of the molecule is CCNC(Cc1ccc(C)c(C)c1)c1cc(Cl)ccc1F. The molecule has 2 rings (SSSR count). The molecule has 0 amide bonds. The van der Waals surface area contributed by atoms with Gasteiger partial charge in [-0.3, -0.25) is 0 Å². The Bertz CT molecular complexity index is 625. The molecule has 1 nitrogen and oxygen atoms in total. The second kappa shape index (κ2) is 7.06. The van der Waals surface area contributed by atoms with E-state index in [1.807, 2.05) is 6.92 Å². The van der Waals surface area contributed by atoms with Gasteiger partial charge in [0.05, 0.1) is 0 Å². The molecule has 2 aromatic carbocycles. The molecule has 0 aliphatic carbocycles. The number of hydrogen-bond donors (Lipinski definition) is 1. The minimum absolute atomic E-state index is 0.0733. The second-order valence-corrected chi connectivity index (χ2v) is 5.84. The lowest BCUT2D eigenvalue weighted by Gasteiger charge is -2.20. The molecule has 0 aliphatic rings. The van der Waals surface area contributed by atoms with E-state index in [1.165, 1.54) is 22.8 Å². The molecule has 2 aromatic rings. The average Bonchev–Trinajstić information content (AvgIpc) is 2.45. The average molecular weight is 306 g/mol. The van der Waals surface area contributed by atoms with Crippen LogP contribution in [0.3, 0.4) is 0 Å². The van der Waals surface area contributed by atoms with Gasteiger partial charge < -0.3 is 5.32 Å². The van der Waals surface area contributed by atoms with E-state index in [0.29, 0.717) is 10.6 Å². The summed E-state index contributed by atoms with van der Waals surface area (Å²) in [4.78, 5) is 0. The maximum Gasteiger partial charge on any atom is 0.128 e. The molecule has 0 fully saturated rings. The molecule has 0 saturated carbocycles. The van der Waals surface area contributed by atoms with Gasteiger partial charge in [-0.25, -0.2) is 4.39 Å². The molecule has 0 bridgehead atoms. The van der Waals surface area contributed by atoms with E-state index in [0.717, 1.165) is 13.0 Å². The third kappa shape index (κ3) is 4.05. The first-order valence-electron chi connectivity index (χ1n) is 7.25. The molecule has 0 heterocycles. The Labute approximate surface area is 131 Å². The maximum absolute atomic E-state index is 14.1. The van der Waals surface area contributed by atoms with Gasteiger partial charge in [0.25, 0.3) is 0 Å². The predicted octanol–water partition coefficient (Wildman–Crippen LogP) is 4.99. The van der Waals surface area contributed by atoms with Gasteiger partial charge in [0.2, 0.25) is 0 Å². The van der Waals surface area contributed by atoms with Crippen LogP contribution in [0.1, 0.15) is 35.2 Å².